The van der Waals surface area contributed by atoms with Gasteiger partial charge in [-0.15, -0.1) is 0 Å². The van der Waals surface area contributed by atoms with E-state index in [1.54, 1.807) is 18.2 Å². The second kappa shape index (κ2) is 7.86. The molecular weight excluding hydrogens is 350 g/mol. The molecular formula is C19H19N3O5. The van der Waals surface area contributed by atoms with Crippen molar-refractivity contribution in [2.45, 2.75) is 19.8 Å². The van der Waals surface area contributed by atoms with Gasteiger partial charge in [-0.25, -0.2) is 4.79 Å². The molecule has 2 aromatic carbocycles. The zero-order valence-corrected chi connectivity index (χ0v) is 14.8. The van der Waals surface area contributed by atoms with Gasteiger partial charge >= 0.3 is 5.97 Å². The second-order valence-electron chi connectivity index (χ2n) is 6.25. The Morgan fingerprint density at radius 3 is 2.37 bits per heavy atom. The fourth-order valence-electron chi connectivity index (χ4n) is 3.00. The van der Waals surface area contributed by atoms with Crippen LogP contribution >= 0.6 is 0 Å². The zero-order valence-electron chi connectivity index (χ0n) is 14.8. The molecule has 140 valence electrons. The SMILES string of the molecule is CC(=O)Nc1ccc(OC(=O)c2ccc(N3CCCC3)c([N+](=O)[O-])c2)cc1. The summed E-state index contributed by atoms with van der Waals surface area (Å²) < 4.78 is 5.27. The van der Waals surface area contributed by atoms with Gasteiger partial charge in [-0.2, -0.15) is 0 Å². The van der Waals surface area contributed by atoms with Crippen LogP contribution in [0.5, 0.6) is 5.75 Å². The van der Waals surface area contributed by atoms with Crippen LogP contribution < -0.4 is 15.0 Å². The Bertz CT molecular complexity index is 873. The Kier molecular flexibility index (Phi) is 5.35. The first-order valence-electron chi connectivity index (χ1n) is 8.57. The third-order valence-electron chi connectivity index (χ3n) is 4.24. The number of rotatable bonds is 5. The highest BCUT2D eigenvalue weighted by atomic mass is 16.6. The fourth-order valence-corrected chi connectivity index (χ4v) is 3.00. The summed E-state index contributed by atoms with van der Waals surface area (Å²) in [6, 6.07) is 10.7. The Balaban J connectivity index is 1.77. The summed E-state index contributed by atoms with van der Waals surface area (Å²) in [6.45, 7) is 2.93. The number of nitro benzene ring substituents is 1. The lowest BCUT2D eigenvalue weighted by Crippen LogP contribution is -2.19. The predicted molar refractivity (Wildman–Crippen MR) is 100 cm³/mol. The Morgan fingerprint density at radius 2 is 1.78 bits per heavy atom. The summed E-state index contributed by atoms with van der Waals surface area (Å²) in [5.74, 6) is -0.608. The number of ether oxygens (including phenoxy) is 1. The molecule has 0 radical (unpaired) electrons. The molecule has 1 aliphatic heterocycles. The van der Waals surface area contributed by atoms with Crippen molar-refractivity contribution < 1.29 is 19.2 Å². The fraction of sp³-hybridized carbons (Fsp3) is 0.263. The molecule has 0 atom stereocenters. The molecule has 2 aromatic rings. The third-order valence-corrected chi connectivity index (χ3v) is 4.24. The molecule has 0 saturated carbocycles. The van der Waals surface area contributed by atoms with Gasteiger partial charge in [0.2, 0.25) is 5.91 Å². The number of nitro groups is 1. The van der Waals surface area contributed by atoms with Crippen LogP contribution in [0.2, 0.25) is 0 Å². The topological polar surface area (TPSA) is 102 Å². The number of hydrogen-bond acceptors (Lipinski definition) is 6. The molecule has 8 nitrogen and oxygen atoms in total. The van der Waals surface area contributed by atoms with E-state index in [-0.39, 0.29) is 22.9 Å². The summed E-state index contributed by atoms with van der Waals surface area (Å²) in [5, 5.41) is 14.0. The van der Waals surface area contributed by atoms with Crippen molar-refractivity contribution in [3.05, 3.63) is 58.1 Å². The molecule has 0 aromatic heterocycles. The maximum absolute atomic E-state index is 12.4. The van der Waals surface area contributed by atoms with Crippen LogP contribution in [0.25, 0.3) is 0 Å². The Labute approximate surface area is 155 Å². The molecule has 1 N–H and O–H groups in total. The first-order valence-corrected chi connectivity index (χ1v) is 8.57. The number of hydrogen-bond donors (Lipinski definition) is 1. The molecule has 0 spiro atoms. The molecule has 3 rings (SSSR count). The lowest BCUT2D eigenvalue weighted by Gasteiger charge is -2.17. The van der Waals surface area contributed by atoms with Crippen molar-refractivity contribution in [2.75, 3.05) is 23.3 Å². The highest BCUT2D eigenvalue weighted by Gasteiger charge is 2.24. The maximum Gasteiger partial charge on any atom is 0.343 e. The summed E-state index contributed by atoms with van der Waals surface area (Å²) in [7, 11) is 0. The lowest BCUT2D eigenvalue weighted by atomic mass is 10.1. The van der Waals surface area contributed by atoms with Gasteiger partial charge in [0.1, 0.15) is 11.4 Å². The van der Waals surface area contributed by atoms with E-state index in [1.165, 1.54) is 31.2 Å². The highest BCUT2D eigenvalue weighted by Crippen LogP contribution is 2.32. The average Bonchev–Trinajstić information content (AvgIpc) is 3.17. The van der Waals surface area contributed by atoms with Crippen molar-refractivity contribution >= 4 is 28.9 Å². The minimum atomic E-state index is -0.682. The molecule has 1 saturated heterocycles. The number of amides is 1. The van der Waals surface area contributed by atoms with Gasteiger partial charge in [-0.1, -0.05) is 0 Å². The van der Waals surface area contributed by atoms with E-state index in [4.69, 9.17) is 4.74 Å². The number of nitrogens with one attached hydrogen (secondary N) is 1. The van der Waals surface area contributed by atoms with Gasteiger partial charge < -0.3 is 15.0 Å². The van der Waals surface area contributed by atoms with Gasteiger partial charge in [0.05, 0.1) is 10.5 Å². The number of carbonyl (C=O) groups is 2. The Morgan fingerprint density at radius 1 is 1.11 bits per heavy atom. The van der Waals surface area contributed by atoms with E-state index in [0.717, 1.165) is 25.9 Å². The standard InChI is InChI=1S/C19H19N3O5/c1-13(23)20-15-5-7-16(8-6-15)27-19(24)14-4-9-17(18(12-14)22(25)26)21-10-2-3-11-21/h4-9,12H,2-3,10-11H2,1H3,(H,20,23). The minimum Gasteiger partial charge on any atom is -0.423 e. The highest BCUT2D eigenvalue weighted by molar-refractivity contribution is 5.93. The zero-order chi connectivity index (χ0) is 19.4. The lowest BCUT2D eigenvalue weighted by molar-refractivity contribution is -0.384. The average molecular weight is 369 g/mol. The molecule has 1 fully saturated rings. The van der Waals surface area contributed by atoms with Crippen LogP contribution in [0, 0.1) is 10.1 Å². The second-order valence-corrected chi connectivity index (χ2v) is 6.25. The van der Waals surface area contributed by atoms with Crippen molar-refractivity contribution in [2.24, 2.45) is 0 Å². The number of nitrogens with zero attached hydrogens (tertiary/aromatic N) is 2. The number of benzene rings is 2. The quantitative estimate of drug-likeness (QED) is 0.375. The first-order chi connectivity index (χ1) is 12.9. The number of carbonyl (C=O) groups excluding carboxylic acids is 2. The van der Waals surface area contributed by atoms with E-state index in [0.29, 0.717) is 11.4 Å². The molecule has 8 heteroatoms. The molecule has 1 amide bonds. The minimum absolute atomic E-state index is 0.104. The van der Waals surface area contributed by atoms with Crippen molar-refractivity contribution in [3.63, 3.8) is 0 Å². The van der Waals surface area contributed by atoms with Gasteiger partial charge in [0, 0.05) is 31.8 Å². The number of esters is 1. The van der Waals surface area contributed by atoms with Gasteiger partial charge in [-0.05, 0) is 49.2 Å². The summed E-state index contributed by atoms with van der Waals surface area (Å²) in [6.07, 6.45) is 1.99. The van der Waals surface area contributed by atoms with Crippen LogP contribution in [-0.2, 0) is 4.79 Å². The summed E-state index contributed by atoms with van der Waals surface area (Å²) in [4.78, 5) is 36.3. The monoisotopic (exact) mass is 369 g/mol. The van der Waals surface area contributed by atoms with Crippen molar-refractivity contribution in [1.82, 2.24) is 0 Å². The maximum atomic E-state index is 12.4. The predicted octanol–water partition coefficient (Wildman–Crippen LogP) is 3.37. The molecule has 27 heavy (non-hydrogen) atoms. The Hall–Kier alpha value is -3.42. The summed E-state index contributed by atoms with van der Waals surface area (Å²) >= 11 is 0. The molecule has 0 unspecified atom stereocenters. The molecule has 1 aliphatic rings. The summed E-state index contributed by atoms with van der Waals surface area (Å²) in [5.41, 5.74) is 1.10. The third kappa shape index (κ3) is 4.41. The first kappa shape index (κ1) is 18.4. The van der Waals surface area contributed by atoms with Crippen molar-refractivity contribution in [1.29, 1.82) is 0 Å². The number of anilines is 2. The smallest absolute Gasteiger partial charge is 0.343 e. The van der Waals surface area contributed by atoms with E-state index >= 15 is 0 Å². The van der Waals surface area contributed by atoms with E-state index in [1.807, 2.05) is 4.90 Å². The van der Waals surface area contributed by atoms with E-state index < -0.39 is 10.9 Å². The van der Waals surface area contributed by atoms with Gasteiger partial charge in [0.25, 0.3) is 5.69 Å². The van der Waals surface area contributed by atoms with Crippen LogP contribution in [0.15, 0.2) is 42.5 Å². The van der Waals surface area contributed by atoms with Crippen LogP contribution in [0.3, 0.4) is 0 Å². The van der Waals surface area contributed by atoms with E-state index in [9.17, 15) is 19.7 Å². The van der Waals surface area contributed by atoms with Gasteiger partial charge in [0.15, 0.2) is 0 Å². The van der Waals surface area contributed by atoms with E-state index in [2.05, 4.69) is 5.32 Å². The van der Waals surface area contributed by atoms with Gasteiger partial charge in [-0.3, -0.25) is 14.9 Å². The van der Waals surface area contributed by atoms with Crippen LogP contribution in [-0.4, -0.2) is 29.9 Å². The van der Waals surface area contributed by atoms with Crippen molar-refractivity contribution in [3.8, 4) is 5.75 Å². The normalized spacial score (nSPS) is 13.3. The van der Waals surface area contributed by atoms with Crippen LogP contribution in [0.4, 0.5) is 17.1 Å². The molecule has 0 bridgehead atoms. The van der Waals surface area contributed by atoms with Crippen LogP contribution in [0.1, 0.15) is 30.1 Å². The largest absolute Gasteiger partial charge is 0.423 e. The molecule has 1 heterocycles. The molecule has 0 aliphatic carbocycles.